The van der Waals surface area contributed by atoms with E-state index in [9.17, 15) is 19.2 Å². The first-order valence-corrected chi connectivity index (χ1v) is 10.5. The molecule has 0 heterocycles. The lowest BCUT2D eigenvalue weighted by Crippen LogP contribution is -2.54. The molecule has 10 nitrogen and oxygen atoms in total. The molecule has 0 bridgehead atoms. The van der Waals surface area contributed by atoms with Gasteiger partial charge in [-0.1, -0.05) is 61.5 Å². The topological polar surface area (TPSA) is 160 Å². The number of carbonyl (C=O) groups excluding carboxylic acids is 4. The first-order valence-electron chi connectivity index (χ1n) is 10.5. The predicted octanol–water partition coefficient (Wildman–Crippen LogP) is 0.276. The quantitative estimate of drug-likeness (QED) is 0.344. The summed E-state index contributed by atoms with van der Waals surface area (Å²) in [5, 5.41) is 2.55. The zero-order chi connectivity index (χ0) is 24.4. The van der Waals surface area contributed by atoms with Crippen LogP contribution in [0.1, 0.15) is 18.9 Å². The van der Waals surface area contributed by atoms with Crippen LogP contribution >= 0.6 is 0 Å². The van der Waals surface area contributed by atoms with Crippen LogP contribution in [0.15, 0.2) is 54.6 Å². The molecule has 0 aliphatic carbocycles. The minimum Gasteiger partial charge on any atom is -0.368 e. The number of rotatable bonds is 9. The lowest BCUT2D eigenvalue weighted by Gasteiger charge is -2.21. The average Bonchev–Trinajstić information content (AvgIpc) is 2.82. The molecule has 0 unspecified atom stereocenters. The maximum atomic E-state index is 12.3. The zero-order valence-electron chi connectivity index (χ0n) is 18.7. The Labute approximate surface area is 192 Å². The van der Waals surface area contributed by atoms with Crippen molar-refractivity contribution in [2.75, 3.05) is 13.6 Å². The number of nitrogens with two attached hydrogens (primary N) is 2. The Bertz CT molecular complexity index is 965. The number of urea groups is 1. The van der Waals surface area contributed by atoms with Crippen molar-refractivity contribution in [2.45, 2.75) is 31.8 Å². The summed E-state index contributed by atoms with van der Waals surface area (Å²) in [7, 11) is 1.36. The van der Waals surface area contributed by atoms with Crippen LogP contribution in [0.4, 0.5) is 4.79 Å². The van der Waals surface area contributed by atoms with Gasteiger partial charge in [-0.2, -0.15) is 0 Å². The maximum absolute atomic E-state index is 12.3. The number of primary amides is 1. The van der Waals surface area contributed by atoms with Crippen LogP contribution < -0.4 is 27.6 Å². The molecule has 2 aromatic rings. The standard InChI is InChI=1S/C23H30N6O4/c1-3-18(24)22(32)27-28-23(33)29(2)14-20(30)26-19(21(25)31)13-15-9-11-17(12-10-15)16-7-5-4-6-8-16/h4-12,18-19H,3,13-14,24H2,1-2H3,(H2,25,31)(H,26,30)(H,27,32)(H,28,33)/t18-,19-/m0/s1. The fourth-order valence-corrected chi connectivity index (χ4v) is 2.94. The fourth-order valence-electron chi connectivity index (χ4n) is 2.94. The Morgan fingerprint density at radius 3 is 2.12 bits per heavy atom. The molecule has 0 fully saturated rings. The fraction of sp³-hybridized carbons (Fsp3) is 0.304. The summed E-state index contributed by atoms with van der Waals surface area (Å²) in [5.41, 5.74) is 18.3. The highest BCUT2D eigenvalue weighted by Crippen LogP contribution is 2.19. The van der Waals surface area contributed by atoms with Crippen LogP contribution in [-0.4, -0.2) is 54.3 Å². The monoisotopic (exact) mass is 454 g/mol. The van der Waals surface area contributed by atoms with Crippen LogP contribution in [0.5, 0.6) is 0 Å². The van der Waals surface area contributed by atoms with E-state index in [1.807, 2.05) is 54.6 Å². The Morgan fingerprint density at radius 1 is 0.939 bits per heavy atom. The number of hydrazine groups is 1. The number of hydrogen-bond donors (Lipinski definition) is 5. The second kappa shape index (κ2) is 12.2. The van der Waals surface area contributed by atoms with Crippen molar-refractivity contribution in [1.82, 2.24) is 21.1 Å². The molecule has 33 heavy (non-hydrogen) atoms. The van der Waals surface area contributed by atoms with Crippen molar-refractivity contribution in [3.8, 4) is 11.1 Å². The maximum Gasteiger partial charge on any atom is 0.336 e. The van der Waals surface area contributed by atoms with Crippen molar-refractivity contribution in [1.29, 1.82) is 0 Å². The van der Waals surface area contributed by atoms with Gasteiger partial charge in [0.2, 0.25) is 11.8 Å². The largest absolute Gasteiger partial charge is 0.368 e. The molecule has 0 aromatic heterocycles. The van der Waals surface area contributed by atoms with Gasteiger partial charge in [-0.3, -0.25) is 19.8 Å². The number of nitrogens with one attached hydrogen (secondary N) is 3. The van der Waals surface area contributed by atoms with E-state index in [0.29, 0.717) is 6.42 Å². The SMILES string of the molecule is CC[C@H](N)C(=O)NNC(=O)N(C)CC(=O)N[C@@H](Cc1ccc(-c2ccccc2)cc1)C(N)=O. The van der Waals surface area contributed by atoms with Gasteiger partial charge in [0.1, 0.15) is 12.6 Å². The summed E-state index contributed by atoms with van der Waals surface area (Å²) in [6.45, 7) is 1.38. The van der Waals surface area contributed by atoms with Crippen LogP contribution in [0.3, 0.4) is 0 Å². The summed E-state index contributed by atoms with van der Waals surface area (Å²) < 4.78 is 0. The van der Waals surface area contributed by atoms with Gasteiger partial charge >= 0.3 is 6.03 Å². The predicted molar refractivity (Wildman–Crippen MR) is 124 cm³/mol. The summed E-state index contributed by atoms with van der Waals surface area (Å²) in [6, 6.07) is 15.0. The number of carbonyl (C=O) groups is 4. The lowest BCUT2D eigenvalue weighted by molar-refractivity contribution is -0.127. The molecule has 0 radical (unpaired) electrons. The van der Waals surface area contributed by atoms with E-state index >= 15 is 0 Å². The molecule has 5 amide bonds. The van der Waals surface area contributed by atoms with E-state index in [1.165, 1.54) is 7.05 Å². The molecular weight excluding hydrogens is 424 g/mol. The van der Waals surface area contributed by atoms with E-state index < -0.39 is 35.8 Å². The van der Waals surface area contributed by atoms with E-state index in [0.717, 1.165) is 21.6 Å². The molecule has 7 N–H and O–H groups in total. The molecule has 2 aromatic carbocycles. The van der Waals surface area contributed by atoms with E-state index in [4.69, 9.17) is 11.5 Å². The van der Waals surface area contributed by atoms with Crippen molar-refractivity contribution in [2.24, 2.45) is 11.5 Å². The number of hydrogen-bond acceptors (Lipinski definition) is 5. The third-order valence-corrected chi connectivity index (χ3v) is 4.98. The van der Waals surface area contributed by atoms with Crippen LogP contribution in [0, 0.1) is 0 Å². The number of nitrogens with zero attached hydrogens (tertiary/aromatic N) is 1. The van der Waals surface area contributed by atoms with E-state index in [-0.39, 0.29) is 13.0 Å². The highest BCUT2D eigenvalue weighted by atomic mass is 16.2. The van der Waals surface area contributed by atoms with Crippen LogP contribution in [0.25, 0.3) is 11.1 Å². The second-order valence-corrected chi connectivity index (χ2v) is 7.58. The highest BCUT2D eigenvalue weighted by Gasteiger charge is 2.21. The van der Waals surface area contributed by atoms with Gasteiger partial charge in [-0.25, -0.2) is 10.2 Å². The lowest BCUT2D eigenvalue weighted by atomic mass is 10.0. The van der Waals surface area contributed by atoms with Crippen molar-refractivity contribution < 1.29 is 19.2 Å². The molecule has 2 atom stereocenters. The minimum absolute atomic E-state index is 0.205. The molecule has 0 aliphatic rings. The number of benzene rings is 2. The second-order valence-electron chi connectivity index (χ2n) is 7.58. The third-order valence-electron chi connectivity index (χ3n) is 4.98. The van der Waals surface area contributed by atoms with Gasteiger partial charge < -0.3 is 21.7 Å². The molecule has 0 spiro atoms. The van der Waals surface area contributed by atoms with Crippen molar-refractivity contribution >= 4 is 23.8 Å². The summed E-state index contributed by atoms with van der Waals surface area (Å²) in [5.74, 6) is -1.81. The zero-order valence-corrected chi connectivity index (χ0v) is 18.7. The molecule has 0 saturated carbocycles. The van der Waals surface area contributed by atoms with Gasteiger partial charge in [-0.05, 0) is 23.1 Å². The highest BCUT2D eigenvalue weighted by molar-refractivity contribution is 5.90. The van der Waals surface area contributed by atoms with Gasteiger partial charge in [0.25, 0.3) is 5.91 Å². The molecule has 0 saturated heterocycles. The minimum atomic E-state index is -0.946. The number of likely N-dealkylation sites (N-methyl/N-ethyl adjacent to an activating group) is 1. The van der Waals surface area contributed by atoms with E-state index in [1.54, 1.807) is 6.92 Å². The summed E-state index contributed by atoms with van der Waals surface area (Å²) >= 11 is 0. The van der Waals surface area contributed by atoms with E-state index in [2.05, 4.69) is 16.2 Å². The Balaban J connectivity index is 1.89. The van der Waals surface area contributed by atoms with Gasteiger partial charge in [0.05, 0.1) is 6.04 Å². The van der Waals surface area contributed by atoms with Crippen LogP contribution in [-0.2, 0) is 20.8 Å². The number of amides is 5. The summed E-state index contributed by atoms with van der Waals surface area (Å²) in [6.07, 6.45) is 0.612. The van der Waals surface area contributed by atoms with Crippen molar-refractivity contribution in [3.05, 3.63) is 60.2 Å². The first-order chi connectivity index (χ1) is 15.7. The van der Waals surface area contributed by atoms with Gasteiger partial charge in [-0.15, -0.1) is 0 Å². The normalized spacial score (nSPS) is 12.2. The molecule has 10 heteroatoms. The van der Waals surface area contributed by atoms with Gasteiger partial charge in [0.15, 0.2) is 0 Å². The molecule has 176 valence electrons. The smallest absolute Gasteiger partial charge is 0.336 e. The van der Waals surface area contributed by atoms with Gasteiger partial charge in [0, 0.05) is 13.5 Å². The molecule has 0 aliphatic heterocycles. The van der Waals surface area contributed by atoms with Crippen molar-refractivity contribution in [3.63, 3.8) is 0 Å². The molecule has 2 rings (SSSR count). The summed E-state index contributed by atoms with van der Waals surface area (Å²) in [4.78, 5) is 48.9. The third kappa shape index (κ3) is 7.93. The van der Waals surface area contributed by atoms with Crippen LogP contribution in [0.2, 0.25) is 0 Å². The average molecular weight is 455 g/mol. The first kappa shape index (κ1) is 25.3. The Morgan fingerprint density at radius 2 is 1.55 bits per heavy atom. The molecular formula is C23H30N6O4. The Kier molecular flexibility index (Phi) is 9.37. The Hall–Kier alpha value is -3.92.